The van der Waals surface area contributed by atoms with Crippen LogP contribution >= 0.6 is 0 Å². The Morgan fingerprint density at radius 2 is 1.93 bits per heavy atom. The monoisotopic (exact) mass is 212 g/mol. The molecular formula is C12H24OSi. The van der Waals surface area contributed by atoms with Crippen LogP contribution in [0.2, 0.25) is 12.1 Å². The highest BCUT2D eigenvalue weighted by atomic mass is 28.4. The molecule has 0 N–H and O–H groups in total. The quantitative estimate of drug-likeness (QED) is 0.625. The number of rotatable bonds is 5. The fourth-order valence-corrected chi connectivity index (χ4v) is 6.23. The molecule has 1 rings (SSSR count). The van der Waals surface area contributed by atoms with Crippen molar-refractivity contribution in [2.45, 2.75) is 58.5 Å². The van der Waals surface area contributed by atoms with E-state index in [4.69, 9.17) is 4.43 Å². The third-order valence-electron chi connectivity index (χ3n) is 3.44. The zero-order valence-electron chi connectivity index (χ0n) is 9.94. The van der Waals surface area contributed by atoms with Crippen molar-refractivity contribution in [3.8, 4) is 0 Å². The normalized spacial score (nSPS) is 18.1. The Labute approximate surface area is 89.7 Å². The standard InChI is InChI=1S/C12H24OSi/c1-4-13-14(5-2,6-3)12-10-8-7-9-11-12/h10H,4-9,11H2,1-3H3. The molecule has 0 aromatic carbocycles. The fraction of sp³-hybridized carbons (Fsp3) is 0.833. The molecule has 0 bridgehead atoms. The highest BCUT2D eigenvalue weighted by molar-refractivity contribution is 6.80. The molecule has 0 radical (unpaired) electrons. The van der Waals surface area contributed by atoms with E-state index < -0.39 is 8.32 Å². The Hall–Kier alpha value is -0.0831. The molecule has 0 aliphatic heterocycles. The first-order valence-corrected chi connectivity index (χ1v) is 8.44. The second-order valence-electron chi connectivity index (χ2n) is 4.11. The summed E-state index contributed by atoms with van der Waals surface area (Å²) in [6.45, 7) is 7.64. The minimum absolute atomic E-state index is 0.894. The van der Waals surface area contributed by atoms with Crippen LogP contribution < -0.4 is 0 Å². The van der Waals surface area contributed by atoms with Crippen LogP contribution in [0.3, 0.4) is 0 Å². The fourth-order valence-electron chi connectivity index (χ4n) is 2.53. The average Bonchev–Trinajstić information content (AvgIpc) is 2.27. The molecule has 0 unspecified atom stereocenters. The zero-order valence-corrected chi connectivity index (χ0v) is 10.9. The maximum Gasteiger partial charge on any atom is 0.219 e. The van der Waals surface area contributed by atoms with Crippen LogP contribution in [0, 0.1) is 0 Å². The van der Waals surface area contributed by atoms with Crippen molar-refractivity contribution in [2.24, 2.45) is 0 Å². The summed E-state index contributed by atoms with van der Waals surface area (Å²) in [6, 6.07) is 2.51. The van der Waals surface area contributed by atoms with Crippen molar-refractivity contribution in [3.63, 3.8) is 0 Å². The van der Waals surface area contributed by atoms with Gasteiger partial charge in [0.25, 0.3) is 0 Å². The lowest BCUT2D eigenvalue weighted by molar-refractivity contribution is 0.325. The van der Waals surface area contributed by atoms with Gasteiger partial charge in [-0.1, -0.05) is 25.1 Å². The predicted molar refractivity (Wildman–Crippen MR) is 64.9 cm³/mol. The second-order valence-corrected chi connectivity index (χ2v) is 8.44. The third kappa shape index (κ3) is 2.48. The molecule has 2 heteroatoms. The van der Waals surface area contributed by atoms with Crippen molar-refractivity contribution in [2.75, 3.05) is 6.61 Å². The lowest BCUT2D eigenvalue weighted by atomic mass is 10.1. The molecule has 1 nitrogen and oxygen atoms in total. The molecule has 0 aromatic rings. The van der Waals surface area contributed by atoms with Gasteiger partial charge in [-0.25, -0.2) is 0 Å². The van der Waals surface area contributed by atoms with E-state index in [1.54, 1.807) is 5.20 Å². The molecule has 0 atom stereocenters. The molecule has 0 fully saturated rings. The van der Waals surface area contributed by atoms with Gasteiger partial charge in [-0.3, -0.25) is 0 Å². The van der Waals surface area contributed by atoms with Crippen molar-refractivity contribution in [3.05, 3.63) is 11.3 Å². The first-order chi connectivity index (χ1) is 6.79. The highest BCUT2D eigenvalue weighted by Gasteiger charge is 2.35. The summed E-state index contributed by atoms with van der Waals surface area (Å²) in [5.74, 6) is 0. The van der Waals surface area contributed by atoms with E-state index >= 15 is 0 Å². The number of hydrogen-bond acceptors (Lipinski definition) is 1. The van der Waals surface area contributed by atoms with E-state index in [-0.39, 0.29) is 0 Å². The minimum Gasteiger partial charge on any atom is -0.413 e. The minimum atomic E-state index is -1.48. The molecule has 0 amide bonds. The Morgan fingerprint density at radius 3 is 2.36 bits per heavy atom. The summed E-state index contributed by atoms with van der Waals surface area (Å²) in [4.78, 5) is 0. The Balaban J connectivity index is 2.78. The first-order valence-electron chi connectivity index (χ1n) is 6.12. The van der Waals surface area contributed by atoms with Crippen molar-refractivity contribution in [1.82, 2.24) is 0 Å². The largest absolute Gasteiger partial charge is 0.413 e. The van der Waals surface area contributed by atoms with E-state index in [1.807, 2.05) is 0 Å². The number of allylic oxidation sites excluding steroid dienone is 2. The molecule has 0 aromatic heterocycles. The van der Waals surface area contributed by atoms with Gasteiger partial charge in [0.15, 0.2) is 0 Å². The van der Waals surface area contributed by atoms with Crippen LogP contribution in [-0.2, 0) is 4.43 Å². The van der Waals surface area contributed by atoms with Gasteiger partial charge in [0.1, 0.15) is 0 Å². The van der Waals surface area contributed by atoms with Gasteiger partial charge in [-0.15, -0.1) is 0 Å². The molecule has 82 valence electrons. The lowest BCUT2D eigenvalue weighted by Gasteiger charge is -2.33. The summed E-state index contributed by atoms with van der Waals surface area (Å²) in [7, 11) is -1.48. The molecule has 14 heavy (non-hydrogen) atoms. The third-order valence-corrected chi connectivity index (χ3v) is 8.19. The van der Waals surface area contributed by atoms with Crippen LogP contribution in [0.5, 0.6) is 0 Å². The molecule has 0 saturated heterocycles. The number of hydrogen-bond donors (Lipinski definition) is 0. The molecule has 0 spiro atoms. The predicted octanol–water partition coefficient (Wildman–Crippen LogP) is 4.05. The van der Waals surface area contributed by atoms with E-state index in [0.717, 1.165) is 6.61 Å². The summed E-state index contributed by atoms with van der Waals surface area (Å²) in [5.41, 5.74) is 0. The van der Waals surface area contributed by atoms with Crippen LogP contribution in [0.4, 0.5) is 0 Å². The van der Waals surface area contributed by atoms with Crippen molar-refractivity contribution in [1.29, 1.82) is 0 Å². The van der Waals surface area contributed by atoms with E-state index in [2.05, 4.69) is 26.8 Å². The van der Waals surface area contributed by atoms with Gasteiger partial charge >= 0.3 is 0 Å². The van der Waals surface area contributed by atoms with Crippen molar-refractivity contribution < 1.29 is 4.43 Å². The molecule has 0 saturated carbocycles. The topological polar surface area (TPSA) is 9.23 Å². The average molecular weight is 212 g/mol. The van der Waals surface area contributed by atoms with Gasteiger partial charge in [0.2, 0.25) is 8.32 Å². The molecule has 0 heterocycles. The van der Waals surface area contributed by atoms with Gasteiger partial charge in [0.05, 0.1) is 0 Å². The SMILES string of the molecule is CCO[Si](CC)(CC)C1=CCCCC1. The van der Waals surface area contributed by atoms with Gasteiger partial charge in [-0.2, -0.15) is 0 Å². The van der Waals surface area contributed by atoms with Gasteiger partial charge < -0.3 is 4.43 Å². The Morgan fingerprint density at radius 1 is 1.21 bits per heavy atom. The zero-order chi connectivity index (χ0) is 10.4. The maximum absolute atomic E-state index is 6.14. The van der Waals surface area contributed by atoms with E-state index in [1.165, 1.54) is 37.8 Å². The summed E-state index contributed by atoms with van der Waals surface area (Å²) in [6.07, 6.45) is 7.85. The van der Waals surface area contributed by atoms with Crippen molar-refractivity contribution >= 4 is 8.32 Å². The first kappa shape index (κ1) is 12.0. The van der Waals surface area contributed by atoms with E-state index in [0.29, 0.717) is 0 Å². The molecular weight excluding hydrogens is 188 g/mol. The van der Waals surface area contributed by atoms with Crippen LogP contribution in [-0.4, -0.2) is 14.9 Å². The second kappa shape index (κ2) is 5.71. The maximum atomic E-state index is 6.14. The Bertz CT molecular complexity index is 194. The van der Waals surface area contributed by atoms with E-state index in [9.17, 15) is 0 Å². The molecule has 1 aliphatic carbocycles. The van der Waals surface area contributed by atoms with Gasteiger partial charge in [-0.05, 0) is 44.7 Å². The van der Waals surface area contributed by atoms with Gasteiger partial charge in [0, 0.05) is 6.61 Å². The summed E-state index contributed by atoms with van der Waals surface area (Å²) >= 11 is 0. The summed E-state index contributed by atoms with van der Waals surface area (Å²) in [5, 5.41) is 1.70. The smallest absolute Gasteiger partial charge is 0.219 e. The lowest BCUT2D eigenvalue weighted by Crippen LogP contribution is -2.40. The van der Waals surface area contributed by atoms with Crippen LogP contribution in [0.15, 0.2) is 11.3 Å². The molecule has 1 aliphatic rings. The van der Waals surface area contributed by atoms with Crippen LogP contribution in [0.25, 0.3) is 0 Å². The Kier molecular flexibility index (Phi) is 4.89. The van der Waals surface area contributed by atoms with Crippen LogP contribution in [0.1, 0.15) is 46.5 Å². The summed E-state index contributed by atoms with van der Waals surface area (Å²) < 4.78 is 6.14. The highest BCUT2D eigenvalue weighted by Crippen LogP contribution is 2.32.